The molecule has 0 spiro atoms. The number of halogens is 1. The molecule has 112 valence electrons. The topological polar surface area (TPSA) is 37.4 Å². The molecule has 0 aliphatic heterocycles. The molecule has 0 bridgehead atoms. The van der Waals surface area contributed by atoms with Gasteiger partial charge in [-0.05, 0) is 30.5 Å². The molecule has 0 atom stereocenters. The highest BCUT2D eigenvalue weighted by Crippen LogP contribution is 2.28. The molecule has 20 heavy (non-hydrogen) atoms. The van der Waals surface area contributed by atoms with E-state index in [9.17, 15) is 8.42 Å². The van der Waals surface area contributed by atoms with Crippen LogP contribution in [0.1, 0.15) is 44.6 Å². The SMILES string of the molecule is CCN(C1CCCCC1)S(=O)(=O)c1cccc(CCl)c1. The fourth-order valence-corrected chi connectivity index (χ4v) is 4.85. The fourth-order valence-electron chi connectivity index (χ4n) is 2.92. The highest BCUT2D eigenvalue weighted by atomic mass is 35.5. The lowest BCUT2D eigenvalue weighted by atomic mass is 9.95. The lowest BCUT2D eigenvalue weighted by molar-refractivity contribution is 0.261. The number of nitrogens with zero attached hydrogens (tertiary/aromatic N) is 1. The van der Waals surface area contributed by atoms with Crippen molar-refractivity contribution in [1.82, 2.24) is 4.31 Å². The molecule has 1 aromatic rings. The summed E-state index contributed by atoms with van der Waals surface area (Å²) in [5, 5.41) is 0. The first-order chi connectivity index (χ1) is 9.59. The number of hydrogen-bond donors (Lipinski definition) is 0. The molecule has 1 saturated carbocycles. The van der Waals surface area contributed by atoms with E-state index >= 15 is 0 Å². The van der Waals surface area contributed by atoms with Crippen LogP contribution in [0.2, 0.25) is 0 Å². The summed E-state index contributed by atoms with van der Waals surface area (Å²) in [5.74, 6) is 0.332. The molecule has 0 radical (unpaired) electrons. The molecule has 1 aliphatic carbocycles. The molecule has 0 heterocycles. The van der Waals surface area contributed by atoms with Gasteiger partial charge in [-0.1, -0.05) is 38.3 Å². The number of hydrogen-bond acceptors (Lipinski definition) is 2. The van der Waals surface area contributed by atoms with Gasteiger partial charge in [0.15, 0.2) is 0 Å². The van der Waals surface area contributed by atoms with E-state index in [1.54, 1.807) is 22.5 Å². The Morgan fingerprint density at radius 1 is 1.25 bits per heavy atom. The zero-order chi connectivity index (χ0) is 14.6. The van der Waals surface area contributed by atoms with E-state index in [0.717, 1.165) is 31.2 Å². The van der Waals surface area contributed by atoms with Gasteiger partial charge in [0.2, 0.25) is 10.0 Å². The van der Waals surface area contributed by atoms with E-state index in [2.05, 4.69) is 0 Å². The largest absolute Gasteiger partial charge is 0.243 e. The first kappa shape index (κ1) is 15.8. The predicted octanol–water partition coefficient (Wildman–Crippen LogP) is 3.77. The minimum atomic E-state index is -3.41. The van der Waals surface area contributed by atoms with Gasteiger partial charge in [0, 0.05) is 18.5 Å². The number of benzene rings is 1. The van der Waals surface area contributed by atoms with E-state index in [1.807, 2.05) is 13.0 Å². The Morgan fingerprint density at radius 2 is 1.95 bits per heavy atom. The van der Waals surface area contributed by atoms with E-state index < -0.39 is 10.0 Å². The van der Waals surface area contributed by atoms with Gasteiger partial charge in [0.05, 0.1) is 4.90 Å². The summed E-state index contributed by atoms with van der Waals surface area (Å²) >= 11 is 5.80. The summed E-state index contributed by atoms with van der Waals surface area (Å²) in [6.45, 7) is 2.44. The molecule has 1 fully saturated rings. The van der Waals surface area contributed by atoms with Gasteiger partial charge < -0.3 is 0 Å². The molecule has 0 amide bonds. The standard InChI is InChI=1S/C15H22ClNO2S/c1-2-17(14-8-4-3-5-9-14)20(18,19)15-10-6-7-13(11-15)12-16/h6-7,10-11,14H,2-5,8-9,12H2,1H3. The van der Waals surface area contributed by atoms with Crippen LogP contribution in [0.25, 0.3) is 0 Å². The minimum absolute atomic E-state index is 0.151. The molecule has 3 nitrogen and oxygen atoms in total. The Kier molecular flexibility index (Phi) is 5.47. The second kappa shape index (κ2) is 6.92. The van der Waals surface area contributed by atoms with Crippen LogP contribution in [0.3, 0.4) is 0 Å². The summed E-state index contributed by atoms with van der Waals surface area (Å²) in [6, 6.07) is 7.12. The third-order valence-electron chi connectivity index (χ3n) is 3.95. The number of rotatable bonds is 5. The Bertz CT molecular complexity index is 539. The van der Waals surface area contributed by atoms with Crippen LogP contribution in [0, 0.1) is 0 Å². The van der Waals surface area contributed by atoms with Gasteiger partial charge in [0.25, 0.3) is 0 Å². The van der Waals surface area contributed by atoms with Crippen LogP contribution in [0.15, 0.2) is 29.2 Å². The van der Waals surface area contributed by atoms with Crippen molar-refractivity contribution >= 4 is 21.6 Å². The van der Waals surface area contributed by atoms with E-state index in [-0.39, 0.29) is 6.04 Å². The van der Waals surface area contributed by atoms with E-state index in [4.69, 9.17) is 11.6 Å². The molecule has 0 unspecified atom stereocenters. The average Bonchev–Trinajstić information content (AvgIpc) is 2.49. The van der Waals surface area contributed by atoms with Crippen molar-refractivity contribution in [2.24, 2.45) is 0 Å². The highest BCUT2D eigenvalue weighted by molar-refractivity contribution is 7.89. The van der Waals surface area contributed by atoms with Crippen LogP contribution in [0.5, 0.6) is 0 Å². The first-order valence-corrected chi connectivity index (χ1v) is 9.23. The molecule has 5 heteroatoms. The third kappa shape index (κ3) is 3.35. The molecular formula is C15H22ClNO2S. The van der Waals surface area contributed by atoms with Crippen molar-refractivity contribution in [2.45, 2.75) is 55.8 Å². The molecule has 2 rings (SSSR count). The summed E-state index contributed by atoms with van der Waals surface area (Å²) in [6.07, 6.45) is 5.41. The molecule has 1 aliphatic rings. The van der Waals surface area contributed by atoms with E-state index in [0.29, 0.717) is 17.3 Å². The van der Waals surface area contributed by atoms with Crippen molar-refractivity contribution in [3.8, 4) is 0 Å². The summed E-state index contributed by atoms with van der Waals surface area (Å²) < 4.78 is 27.3. The zero-order valence-electron chi connectivity index (χ0n) is 11.9. The smallest absolute Gasteiger partial charge is 0.207 e. The van der Waals surface area contributed by atoms with Gasteiger partial charge >= 0.3 is 0 Å². The Balaban J connectivity index is 2.30. The monoisotopic (exact) mass is 315 g/mol. The highest BCUT2D eigenvalue weighted by Gasteiger charge is 2.31. The van der Waals surface area contributed by atoms with Crippen molar-refractivity contribution in [1.29, 1.82) is 0 Å². The number of alkyl halides is 1. The summed E-state index contributed by atoms with van der Waals surface area (Å²) in [7, 11) is -3.41. The molecule has 0 saturated heterocycles. The van der Waals surface area contributed by atoms with Gasteiger partial charge in [0.1, 0.15) is 0 Å². The van der Waals surface area contributed by atoms with Crippen LogP contribution in [-0.4, -0.2) is 25.3 Å². The molecule has 1 aromatic carbocycles. The Hall–Kier alpha value is -0.580. The fraction of sp³-hybridized carbons (Fsp3) is 0.600. The van der Waals surface area contributed by atoms with Crippen molar-refractivity contribution in [3.05, 3.63) is 29.8 Å². The third-order valence-corrected chi connectivity index (χ3v) is 6.29. The van der Waals surface area contributed by atoms with Crippen LogP contribution in [0.4, 0.5) is 0 Å². The maximum Gasteiger partial charge on any atom is 0.243 e. The van der Waals surface area contributed by atoms with Crippen LogP contribution >= 0.6 is 11.6 Å². The molecule has 0 aromatic heterocycles. The summed E-state index contributed by atoms with van der Waals surface area (Å²) in [5.41, 5.74) is 0.840. The van der Waals surface area contributed by atoms with Crippen molar-refractivity contribution in [2.75, 3.05) is 6.54 Å². The Labute approximate surface area is 127 Å². The second-order valence-corrected chi connectivity index (χ2v) is 7.44. The van der Waals surface area contributed by atoms with Gasteiger partial charge in [-0.3, -0.25) is 0 Å². The van der Waals surface area contributed by atoms with Gasteiger partial charge in [-0.2, -0.15) is 4.31 Å². The van der Waals surface area contributed by atoms with Gasteiger partial charge in [-0.15, -0.1) is 11.6 Å². The van der Waals surface area contributed by atoms with Crippen LogP contribution in [-0.2, 0) is 15.9 Å². The number of sulfonamides is 1. The van der Waals surface area contributed by atoms with Crippen LogP contribution < -0.4 is 0 Å². The quantitative estimate of drug-likeness (QED) is 0.776. The Morgan fingerprint density at radius 3 is 2.55 bits per heavy atom. The van der Waals surface area contributed by atoms with Crippen molar-refractivity contribution in [3.63, 3.8) is 0 Å². The minimum Gasteiger partial charge on any atom is -0.207 e. The average molecular weight is 316 g/mol. The normalized spacial score (nSPS) is 17.6. The first-order valence-electron chi connectivity index (χ1n) is 7.26. The molecule has 0 N–H and O–H groups in total. The van der Waals surface area contributed by atoms with Gasteiger partial charge in [-0.25, -0.2) is 8.42 Å². The lowest BCUT2D eigenvalue weighted by Crippen LogP contribution is -2.41. The second-order valence-electron chi connectivity index (χ2n) is 5.28. The van der Waals surface area contributed by atoms with E-state index in [1.165, 1.54) is 6.42 Å². The lowest BCUT2D eigenvalue weighted by Gasteiger charge is -2.32. The predicted molar refractivity (Wildman–Crippen MR) is 82.4 cm³/mol. The molecular weight excluding hydrogens is 294 g/mol. The summed E-state index contributed by atoms with van der Waals surface area (Å²) in [4.78, 5) is 0.364. The zero-order valence-corrected chi connectivity index (χ0v) is 13.5. The maximum absolute atomic E-state index is 12.8. The van der Waals surface area contributed by atoms with Crippen molar-refractivity contribution < 1.29 is 8.42 Å². The maximum atomic E-state index is 12.8.